The largest absolute Gasteiger partial charge is 0.480 e. The number of hydrogen-bond donors (Lipinski definition) is 8. The second-order valence-electron chi connectivity index (χ2n) is 8.72. The van der Waals surface area contributed by atoms with Gasteiger partial charge >= 0.3 is 5.97 Å². The van der Waals surface area contributed by atoms with E-state index in [1.54, 1.807) is 30.3 Å². The summed E-state index contributed by atoms with van der Waals surface area (Å²) in [7, 11) is 0. The molecular weight excluding hydrogens is 494 g/mol. The summed E-state index contributed by atoms with van der Waals surface area (Å²) in [6, 6.07) is 4.60. The monoisotopic (exact) mass is 529 g/mol. The van der Waals surface area contributed by atoms with Gasteiger partial charge in [0.2, 0.25) is 17.7 Å². The van der Waals surface area contributed by atoms with Gasteiger partial charge in [-0.2, -0.15) is 0 Å². The van der Waals surface area contributed by atoms with Crippen LogP contribution >= 0.6 is 0 Å². The molecule has 0 saturated heterocycles. The topological polar surface area (TPSA) is 244 Å². The van der Waals surface area contributed by atoms with Gasteiger partial charge in [0.15, 0.2) is 5.96 Å². The van der Waals surface area contributed by atoms with Gasteiger partial charge in [-0.3, -0.25) is 24.2 Å². The van der Waals surface area contributed by atoms with Gasteiger partial charge < -0.3 is 43.2 Å². The molecule has 4 atom stereocenters. The number of H-pyrrole nitrogens is 1. The van der Waals surface area contributed by atoms with Crippen molar-refractivity contribution >= 4 is 29.7 Å². The molecule has 0 saturated carbocycles. The second kappa shape index (κ2) is 14.9. The molecule has 2 aromatic rings. The number of benzene rings is 1. The first kappa shape index (κ1) is 29.8. The molecule has 0 aliphatic rings. The number of rotatable bonds is 15. The third-order valence-corrected chi connectivity index (χ3v) is 5.56. The number of nitrogens with one attached hydrogen (secondary N) is 4. The summed E-state index contributed by atoms with van der Waals surface area (Å²) in [6.07, 6.45) is 3.80. The van der Waals surface area contributed by atoms with Crippen LogP contribution in [0.15, 0.2) is 47.8 Å². The molecule has 2 rings (SSSR count). The molecule has 0 radical (unpaired) electrons. The average Bonchev–Trinajstić information content (AvgIpc) is 3.39. The maximum Gasteiger partial charge on any atom is 0.325 e. The Labute approximate surface area is 219 Å². The van der Waals surface area contributed by atoms with Gasteiger partial charge in [-0.25, -0.2) is 4.98 Å². The van der Waals surface area contributed by atoms with Gasteiger partial charge in [0.05, 0.1) is 12.4 Å². The molecule has 206 valence electrons. The first-order valence-electron chi connectivity index (χ1n) is 12.0. The van der Waals surface area contributed by atoms with E-state index < -0.39 is 47.9 Å². The van der Waals surface area contributed by atoms with E-state index in [-0.39, 0.29) is 25.2 Å². The number of nitrogens with two attached hydrogens (primary N) is 3. The highest BCUT2D eigenvalue weighted by molar-refractivity contribution is 5.94. The maximum atomic E-state index is 13.3. The molecule has 1 aromatic carbocycles. The van der Waals surface area contributed by atoms with Crippen LogP contribution in [0.3, 0.4) is 0 Å². The molecule has 0 spiro atoms. The van der Waals surface area contributed by atoms with Crippen molar-refractivity contribution in [1.29, 1.82) is 0 Å². The van der Waals surface area contributed by atoms with Crippen LogP contribution in [0.1, 0.15) is 31.0 Å². The van der Waals surface area contributed by atoms with E-state index in [0.717, 1.165) is 5.56 Å². The van der Waals surface area contributed by atoms with Crippen molar-refractivity contribution in [2.45, 2.75) is 56.8 Å². The molecule has 1 heterocycles. The standard InChI is InChI=1S/C24H35N9O5/c1-14(23(37)38)31-21(35)18(10-15-6-3-2-4-7-15)33-22(36)19(11-16-12-28-13-30-16)32-20(34)17(25)8-5-9-29-24(26)27/h2-4,6-7,12-14,17-19H,5,8-11,25H2,1H3,(H,28,30)(H,31,35)(H,32,34)(H,33,36)(H,37,38)(H4,26,27,29). The zero-order valence-electron chi connectivity index (χ0n) is 21.1. The fourth-order valence-corrected chi connectivity index (χ4v) is 3.46. The summed E-state index contributed by atoms with van der Waals surface area (Å²) < 4.78 is 0. The number of carbonyl (C=O) groups is 4. The lowest BCUT2D eigenvalue weighted by molar-refractivity contribution is -0.141. The van der Waals surface area contributed by atoms with E-state index in [1.807, 2.05) is 0 Å². The quantitative estimate of drug-likeness (QED) is 0.0731. The molecule has 1 aromatic heterocycles. The van der Waals surface area contributed by atoms with Crippen LogP contribution in [-0.2, 0) is 32.0 Å². The number of imidazole rings is 1. The van der Waals surface area contributed by atoms with Crippen LogP contribution in [0.25, 0.3) is 0 Å². The Hall–Kier alpha value is -4.46. The molecular formula is C24H35N9O5. The maximum absolute atomic E-state index is 13.3. The van der Waals surface area contributed by atoms with Crippen LogP contribution in [0.2, 0.25) is 0 Å². The van der Waals surface area contributed by atoms with Crippen molar-refractivity contribution in [2.24, 2.45) is 22.2 Å². The second-order valence-corrected chi connectivity index (χ2v) is 8.72. The molecule has 0 bridgehead atoms. The highest BCUT2D eigenvalue weighted by atomic mass is 16.4. The van der Waals surface area contributed by atoms with Crippen LogP contribution in [0, 0.1) is 0 Å². The lowest BCUT2D eigenvalue weighted by atomic mass is 10.0. The number of aromatic amines is 1. The number of carboxylic acid groups (broad SMARTS) is 1. The summed E-state index contributed by atoms with van der Waals surface area (Å²) in [5, 5.41) is 16.9. The molecule has 38 heavy (non-hydrogen) atoms. The van der Waals surface area contributed by atoms with Crippen molar-refractivity contribution in [3.8, 4) is 0 Å². The number of carbonyl (C=O) groups excluding carboxylic acids is 3. The molecule has 0 aliphatic carbocycles. The van der Waals surface area contributed by atoms with Gasteiger partial charge in [0.1, 0.15) is 18.1 Å². The van der Waals surface area contributed by atoms with Gasteiger partial charge in [-0.15, -0.1) is 0 Å². The number of amides is 3. The molecule has 4 unspecified atom stereocenters. The summed E-state index contributed by atoms with van der Waals surface area (Å²) in [4.78, 5) is 60.9. The van der Waals surface area contributed by atoms with E-state index in [4.69, 9.17) is 17.2 Å². The average molecular weight is 530 g/mol. The van der Waals surface area contributed by atoms with E-state index in [9.17, 15) is 24.3 Å². The molecule has 0 fully saturated rings. The number of aromatic nitrogens is 2. The van der Waals surface area contributed by atoms with E-state index in [2.05, 4.69) is 30.9 Å². The summed E-state index contributed by atoms with van der Waals surface area (Å²) in [5.74, 6) is -3.19. The first-order valence-corrected chi connectivity index (χ1v) is 12.0. The summed E-state index contributed by atoms with van der Waals surface area (Å²) in [5.41, 5.74) is 17.9. The number of nitrogens with zero attached hydrogens (tertiary/aromatic N) is 2. The zero-order chi connectivity index (χ0) is 28.1. The number of aliphatic imine (C=N–C) groups is 1. The minimum Gasteiger partial charge on any atom is -0.480 e. The van der Waals surface area contributed by atoms with Crippen molar-refractivity contribution in [1.82, 2.24) is 25.9 Å². The van der Waals surface area contributed by atoms with Crippen molar-refractivity contribution in [3.05, 3.63) is 54.1 Å². The van der Waals surface area contributed by atoms with Gasteiger partial charge in [0, 0.05) is 31.3 Å². The number of aliphatic carboxylic acids is 1. The van der Waals surface area contributed by atoms with Crippen LogP contribution < -0.4 is 33.2 Å². The normalized spacial score (nSPS) is 13.8. The lowest BCUT2D eigenvalue weighted by Gasteiger charge is -2.24. The predicted octanol–water partition coefficient (Wildman–Crippen LogP) is -1.87. The highest BCUT2D eigenvalue weighted by Crippen LogP contribution is 2.07. The Morgan fingerprint density at radius 3 is 2.24 bits per heavy atom. The van der Waals surface area contributed by atoms with Gasteiger partial charge in [-0.1, -0.05) is 30.3 Å². The number of guanidine groups is 1. The Balaban J connectivity index is 2.17. The fraction of sp³-hybridized carbons (Fsp3) is 0.417. The van der Waals surface area contributed by atoms with Crippen LogP contribution in [0.5, 0.6) is 0 Å². The predicted molar refractivity (Wildman–Crippen MR) is 139 cm³/mol. The van der Waals surface area contributed by atoms with E-state index in [1.165, 1.54) is 19.4 Å². The van der Waals surface area contributed by atoms with Crippen LogP contribution in [0.4, 0.5) is 0 Å². The first-order chi connectivity index (χ1) is 18.1. The molecule has 0 aliphatic heterocycles. The third kappa shape index (κ3) is 10.3. The number of carboxylic acids is 1. The van der Waals surface area contributed by atoms with Crippen molar-refractivity contribution in [3.63, 3.8) is 0 Å². The summed E-state index contributed by atoms with van der Waals surface area (Å²) >= 11 is 0. The van der Waals surface area contributed by atoms with E-state index >= 15 is 0 Å². The minimum absolute atomic E-state index is 0.0451. The highest BCUT2D eigenvalue weighted by Gasteiger charge is 2.30. The summed E-state index contributed by atoms with van der Waals surface area (Å²) in [6.45, 7) is 1.61. The molecule has 11 N–H and O–H groups in total. The van der Waals surface area contributed by atoms with Crippen molar-refractivity contribution < 1.29 is 24.3 Å². The Bertz CT molecular complexity index is 1090. The Morgan fingerprint density at radius 1 is 1.00 bits per heavy atom. The molecule has 14 nitrogen and oxygen atoms in total. The SMILES string of the molecule is CC(NC(=O)C(Cc1ccccc1)NC(=O)C(Cc1cnc[nH]1)NC(=O)C(N)CCCN=C(N)N)C(=O)O. The van der Waals surface area contributed by atoms with Gasteiger partial charge in [0.25, 0.3) is 0 Å². The zero-order valence-corrected chi connectivity index (χ0v) is 21.1. The smallest absolute Gasteiger partial charge is 0.325 e. The lowest BCUT2D eigenvalue weighted by Crippen LogP contribution is -2.58. The van der Waals surface area contributed by atoms with Crippen molar-refractivity contribution in [2.75, 3.05) is 6.54 Å². The Morgan fingerprint density at radius 2 is 1.63 bits per heavy atom. The molecule has 3 amide bonds. The van der Waals surface area contributed by atoms with Gasteiger partial charge in [-0.05, 0) is 25.3 Å². The minimum atomic E-state index is -1.22. The third-order valence-electron chi connectivity index (χ3n) is 5.56. The van der Waals surface area contributed by atoms with Crippen LogP contribution in [-0.4, -0.2) is 75.4 Å². The number of hydrogen-bond acceptors (Lipinski definition) is 7. The fourth-order valence-electron chi connectivity index (χ4n) is 3.46. The van der Waals surface area contributed by atoms with E-state index in [0.29, 0.717) is 18.7 Å². The Kier molecular flexibility index (Phi) is 11.7. The molecule has 14 heteroatoms.